The Balaban J connectivity index is 1.65. The highest BCUT2D eigenvalue weighted by molar-refractivity contribution is 14.1. The van der Waals surface area contributed by atoms with Crippen molar-refractivity contribution in [2.24, 2.45) is 5.10 Å². The smallest absolute Gasteiger partial charge is 0.245 e. The summed E-state index contributed by atoms with van der Waals surface area (Å²) < 4.78 is 23.5. The quantitative estimate of drug-likeness (QED) is 0.278. The Morgan fingerprint density at radius 1 is 1.26 bits per heavy atom. The van der Waals surface area contributed by atoms with Crippen molar-refractivity contribution in [2.75, 3.05) is 19.8 Å². The molecule has 166 valence electrons. The number of ether oxygens (including phenoxy) is 4. The van der Waals surface area contributed by atoms with Crippen molar-refractivity contribution < 1.29 is 23.7 Å². The van der Waals surface area contributed by atoms with Gasteiger partial charge < -0.3 is 18.9 Å². The maximum Gasteiger partial charge on any atom is 0.245 e. The minimum Gasteiger partial charge on any atom is -0.490 e. The third kappa shape index (κ3) is 7.06. The van der Waals surface area contributed by atoms with E-state index >= 15 is 0 Å². The first-order chi connectivity index (χ1) is 14.9. The first-order valence-electron chi connectivity index (χ1n) is 9.82. The molecular weight excluding hydrogens is 535 g/mol. The summed E-state index contributed by atoms with van der Waals surface area (Å²) in [4.78, 5) is 12.1. The SMILES string of the molecule is CCOc1cc(/C=N\NC(=O)CC2(C)OCCO2)cc(I)c1OCc1ccc(Cl)cc1. The van der Waals surface area contributed by atoms with Crippen molar-refractivity contribution in [1.82, 2.24) is 5.43 Å². The Bertz CT molecular complexity index is 930. The zero-order valence-corrected chi connectivity index (χ0v) is 20.2. The van der Waals surface area contributed by atoms with Crippen LogP contribution in [0.4, 0.5) is 0 Å². The highest BCUT2D eigenvalue weighted by Gasteiger charge is 2.33. The number of halogens is 2. The second kappa shape index (κ2) is 11.1. The van der Waals surface area contributed by atoms with Gasteiger partial charge in [-0.3, -0.25) is 4.79 Å². The van der Waals surface area contributed by atoms with Crippen LogP contribution in [-0.2, 0) is 20.9 Å². The predicted molar refractivity (Wildman–Crippen MR) is 127 cm³/mol. The van der Waals surface area contributed by atoms with Gasteiger partial charge in [0.1, 0.15) is 6.61 Å². The number of carbonyl (C=O) groups excluding carboxylic acids is 1. The third-order valence-corrected chi connectivity index (χ3v) is 5.46. The molecule has 0 spiro atoms. The summed E-state index contributed by atoms with van der Waals surface area (Å²) in [5.74, 6) is 0.0851. The molecule has 2 aromatic carbocycles. The van der Waals surface area contributed by atoms with Gasteiger partial charge in [0.25, 0.3) is 0 Å². The molecule has 0 radical (unpaired) electrons. The second-order valence-corrected chi connectivity index (χ2v) is 8.58. The molecule has 0 aliphatic carbocycles. The number of amides is 1. The predicted octanol–water partition coefficient (Wildman–Crippen LogP) is 4.53. The highest BCUT2D eigenvalue weighted by Crippen LogP contribution is 2.34. The number of rotatable bonds is 9. The molecular formula is C22H24ClIN2O5. The Labute approximate surface area is 200 Å². The Kier molecular flexibility index (Phi) is 8.53. The van der Waals surface area contributed by atoms with Gasteiger partial charge in [-0.2, -0.15) is 5.10 Å². The molecule has 7 nitrogen and oxygen atoms in total. The fraction of sp³-hybridized carbons (Fsp3) is 0.364. The minimum atomic E-state index is -0.889. The van der Waals surface area contributed by atoms with Crippen LogP contribution < -0.4 is 14.9 Å². The molecule has 1 N–H and O–H groups in total. The molecule has 1 fully saturated rings. The largest absolute Gasteiger partial charge is 0.490 e. The number of hydrogen-bond acceptors (Lipinski definition) is 6. The molecule has 31 heavy (non-hydrogen) atoms. The van der Waals surface area contributed by atoms with Crippen LogP contribution in [0.25, 0.3) is 0 Å². The Morgan fingerprint density at radius 2 is 1.97 bits per heavy atom. The maximum absolute atomic E-state index is 12.1. The summed E-state index contributed by atoms with van der Waals surface area (Å²) in [6.45, 7) is 5.49. The van der Waals surface area contributed by atoms with Gasteiger partial charge in [0, 0.05) is 5.02 Å². The average molecular weight is 559 g/mol. The van der Waals surface area contributed by atoms with Gasteiger partial charge in [0.2, 0.25) is 5.91 Å². The second-order valence-electron chi connectivity index (χ2n) is 6.98. The molecule has 1 aliphatic rings. The van der Waals surface area contributed by atoms with E-state index in [1.54, 1.807) is 13.1 Å². The number of carbonyl (C=O) groups is 1. The number of nitrogens with one attached hydrogen (secondary N) is 1. The average Bonchev–Trinajstić information content (AvgIpc) is 3.14. The van der Waals surface area contributed by atoms with Crippen LogP contribution in [0.3, 0.4) is 0 Å². The van der Waals surface area contributed by atoms with Gasteiger partial charge in [-0.25, -0.2) is 5.43 Å². The van der Waals surface area contributed by atoms with E-state index in [4.69, 9.17) is 30.5 Å². The van der Waals surface area contributed by atoms with E-state index in [0.717, 1.165) is 14.7 Å². The minimum absolute atomic E-state index is 0.0730. The normalized spacial score (nSPS) is 15.2. The standard InChI is InChI=1S/C22H24ClIN2O5/c1-3-28-19-11-16(13-25-26-20(27)12-22(2)30-8-9-31-22)10-18(24)21(19)29-14-15-4-6-17(23)7-5-15/h4-7,10-11,13H,3,8-9,12,14H2,1-2H3,(H,26,27)/b25-13-. The molecule has 0 unspecified atom stereocenters. The van der Waals surface area contributed by atoms with E-state index in [0.29, 0.717) is 42.9 Å². The van der Waals surface area contributed by atoms with Crippen molar-refractivity contribution in [3.05, 3.63) is 56.1 Å². The number of hydrogen-bond donors (Lipinski definition) is 1. The van der Waals surface area contributed by atoms with Crippen molar-refractivity contribution in [3.63, 3.8) is 0 Å². The first kappa shape index (κ1) is 23.8. The van der Waals surface area contributed by atoms with Gasteiger partial charge in [-0.1, -0.05) is 23.7 Å². The summed E-state index contributed by atoms with van der Waals surface area (Å²) in [6.07, 6.45) is 1.63. The summed E-state index contributed by atoms with van der Waals surface area (Å²) in [5, 5.41) is 4.72. The summed E-state index contributed by atoms with van der Waals surface area (Å²) in [5.41, 5.74) is 4.28. The zero-order valence-electron chi connectivity index (χ0n) is 17.3. The summed E-state index contributed by atoms with van der Waals surface area (Å²) in [6, 6.07) is 11.2. The van der Waals surface area contributed by atoms with Gasteiger partial charge in [-0.05, 0) is 71.8 Å². The van der Waals surface area contributed by atoms with E-state index < -0.39 is 5.79 Å². The molecule has 1 aliphatic heterocycles. The van der Waals surface area contributed by atoms with Crippen molar-refractivity contribution in [3.8, 4) is 11.5 Å². The van der Waals surface area contributed by atoms with Crippen LogP contribution in [0.15, 0.2) is 41.5 Å². The molecule has 3 rings (SSSR count). The number of nitrogens with zero attached hydrogens (tertiary/aromatic N) is 1. The lowest BCUT2D eigenvalue weighted by Gasteiger charge is -2.20. The Hall–Kier alpha value is -1.88. The maximum atomic E-state index is 12.1. The lowest BCUT2D eigenvalue weighted by atomic mass is 10.2. The van der Waals surface area contributed by atoms with Crippen LogP contribution in [0.2, 0.25) is 5.02 Å². The van der Waals surface area contributed by atoms with Crippen molar-refractivity contribution in [1.29, 1.82) is 0 Å². The molecule has 9 heteroatoms. The highest BCUT2D eigenvalue weighted by atomic mass is 127. The molecule has 1 amide bonds. The van der Waals surface area contributed by atoms with E-state index in [-0.39, 0.29) is 12.3 Å². The fourth-order valence-electron chi connectivity index (χ4n) is 2.97. The topological polar surface area (TPSA) is 78.4 Å². The fourth-order valence-corrected chi connectivity index (χ4v) is 3.88. The van der Waals surface area contributed by atoms with Crippen molar-refractivity contribution in [2.45, 2.75) is 32.7 Å². The van der Waals surface area contributed by atoms with E-state index in [2.05, 4.69) is 33.1 Å². The van der Waals surface area contributed by atoms with Gasteiger partial charge in [0.15, 0.2) is 17.3 Å². The van der Waals surface area contributed by atoms with Crippen LogP contribution >= 0.6 is 34.2 Å². The van der Waals surface area contributed by atoms with E-state index in [1.807, 2.05) is 43.3 Å². The van der Waals surface area contributed by atoms with Gasteiger partial charge in [0.05, 0.1) is 36.0 Å². The van der Waals surface area contributed by atoms with Crippen LogP contribution in [0.1, 0.15) is 31.4 Å². The van der Waals surface area contributed by atoms with Crippen LogP contribution in [-0.4, -0.2) is 37.7 Å². The molecule has 1 heterocycles. The molecule has 1 saturated heterocycles. The van der Waals surface area contributed by atoms with E-state index in [1.165, 1.54) is 0 Å². The first-order valence-corrected chi connectivity index (χ1v) is 11.3. The molecule has 0 aromatic heterocycles. The zero-order chi connectivity index (χ0) is 22.3. The lowest BCUT2D eigenvalue weighted by molar-refractivity contribution is -0.159. The Morgan fingerprint density at radius 3 is 2.65 bits per heavy atom. The number of benzene rings is 2. The monoisotopic (exact) mass is 558 g/mol. The number of hydrazone groups is 1. The van der Waals surface area contributed by atoms with E-state index in [9.17, 15) is 4.79 Å². The van der Waals surface area contributed by atoms with Crippen LogP contribution in [0.5, 0.6) is 11.5 Å². The third-order valence-electron chi connectivity index (χ3n) is 4.41. The summed E-state index contributed by atoms with van der Waals surface area (Å²) >= 11 is 8.13. The molecule has 2 aromatic rings. The lowest BCUT2D eigenvalue weighted by Crippen LogP contribution is -2.33. The summed E-state index contributed by atoms with van der Waals surface area (Å²) in [7, 11) is 0. The van der Waals surface area contributed by atoms with Gasteiger partial charge >= 0.3 is 0 Å². The molecule has 0 bridgehead atoms. The van der Waals surface area contributed by atoms with Crippen molar-refractivity contribution >= 4 is 46.3 Å². The molecule has 0 atom stereocenters. The van der Waals surface area contributed by atoms with Gasteiger partial charge in [-0.15, -0.1) is 0 Å². The van der Waals surface area contributed by atoms with Crippen LogP contribution in [0, 0.1) is 3.57 Å². The molecule has 0 saturated carbocycles.